The van der Waals surface area contributed by atoms with E-state index in [9.17, 15) is 0 Å². The molecule has 0 aliphatic rings. The molecule has 1 atom stereocenters. The maximum atomic E-state index is 5.38. The van der Waals surface area contributed by atoms with E-state index in [0.717, 1.165) is 16.6 Å². The molecule has 0 radical (unpaired) electrons. The van der Waals surface area contributed by atoms with E-state index < -0.39 is 0 Å². The second-order valence-corrected chi connectivity index (χ2v) is 4.51. The highest BCUT2D eigenvalue weighted by molar-refractivity contribution is 9.10. The lowest BCUT2D eigenvalue weighted by molar-refractivity contribution is 0.405. The number of ether oxygens (including phenoxy) is 1. The largest absolute Gasteiger partial charge is 0.496 e. The van der Waals surface area contributed by atoms with Crippen molar-refractivity contribution in [2.45, 2.75) is 33.1 Å². The van der Waals surface area contributed by atoms with Crippen molar-refractivity contribution in [1.82, 2.24) is 0 Å². The minimum atomic E-state index is 0.543. The fraction of sp³-hybridized carbons (Fsp3) is 0.500. The molecule has 0 saturated carbocycles. The van der Waals surface area contributed by atoms with E-state index in [1.165, 1.54) is 11.1 Å². The zero-order valence-corrected chi connectivity index (χ0v) is 10.8. The zero-order valence-electron chi connectivity index (χ0n) is 9.23. The maximum absolute atomic E-state index is 5.38. The van der Waals surface area contributed by atoms with Crippen LogP contribution in [0, 0.1) is 6.92 Å². The van der Waals surface area contributed by atoms with Gasteiger partial charge >= 0.3 is 0 Å². The van der Waals surface area contributed by atoms with Crippen LogP contribution in [0.3, 0.4) is 0 Å². The molecule has 0 bridgehead atoms. The standard InChI is InChI=1S/C12H17BrO/c1-5-8(2)10-7-11(13)9(3)6-12(10)14-4/h6-8H,5H2,1-4H3. The smallest absolute Gasteiger partial charge is 0.122 e. The van der Waals surface area contributed by atoms with Crippen LogP contribution in [-0.4, -0.2) is 7.11 Å². The maximum Gasteiger partial charge on any atom is 0.122 e. The summed E-state index contributed by atoms with van der Waals surface area (Å²) < 4.78 is 6.54. The fourth-order valence-electron chi connectivity index (χ4n) is 1.45. The molecule has 0 N–H and O–H groups in total. The van der Waals surface area contributed by atoms with Gasteiger partial charge in [0.2, 0.25) is 0 Å². The van der Waals surface area contributed by atoms with Crippen LogP contribution in [0.15, 0.2) is 16.6 Å². The van der Waals surface area contributed by atoms with Crippen molar-refractivity contribution in [3.05, 3.63) is 27.7 Å². The first-order valence-corrected chi connectivity index (χ1v) is 5.73. The molecule has 14 heavy (non-hydrogen) atoms. The number of rotatable bonds is 3. The summed E-state index contributed by atoms with van der Waals surface area (Å²) in [7, 11) is 1.73. The van der Waals surface area contributed by atoms with E-state index in [4.69, 9.17) is 4.74 Å². The van der Waals surface area contributed by atoms with Gasteiger partial charge in [-0.25, -0.2) is 0 Å². The predicted octanol–water partition coefficient (Wildman–Crippen LogP) is 4.28. The van der Waals surface area contributed by atoms with Crippen molar-refractivity contribution in [2.75, 3.05) is 7.11 Å². The van der Waals surface area contributed by atoms with Gasteiger partial charge < -0.3 is 4.74 Å². The summed E-state index contributed by atoms with van der Waals surface area (Å²) in [4.78, 5) is 0. The summed E-state index contributed by atoms with van der Waals surface area (Å²) in [5.74, 6) is 1.54. The Balaban J connectivity index is 3.19. The molecule has 78 valence electrons. The third kappa shape index (κ3) is 2.30. The molecule has 1 unspecified atom stereocenters. The summed E-state index contributed by atoms with van der Waals surface area (Å²) in [6.07, 6.45) is 1.13. The van der Waals surface area contributed by atoms with Crippen molar-refractivity contribution in [3.63, 3.8) is 0 Å². The first-order valence-electron chi connectivity index (χ1n) is 4.94. The Morgan fingerprint density at radius 1 is 1.43 bits per heavy atom. The van der Waals surface area contributed by atoms with Crippen LogP contribution >= 0.6 is 15.9 Å². The Morgan fingerprint density at radius 2 is 2.07 bits per heavy atom. The Hall–Kier alpha value is -0.500. The lowest BCUT2D eigenvalue weighted by Gasteiger charge is -2.15. The SMILES string of the molecule is CCC(C)c1cc(Br)c(C)cc1OC. The van der Waals surface area contributed by atoms with Crippen LogP contribution in [0.5, 0.6) is 5.75 Å². The number of hydrogen-bond acceptors (Lipinski definition) is 1. The molecule has 0 aliphatic heterocycles. The van der Waals surface area contributed by atoms with Crippen molar-refractivity contribution < 1.29 is 4.74 Å². The fourth-order valence-corrected chi connectivity index (χ4v) is 1.81. The van der Waals surface area contributed by atoms with Crippen molar-refractivity contribution in [1.29, 1.82) is 0 Å². The predicted molar refractivity (Wildman–Crippen MR) is 64.1 cm³/mol. The third-order valence-corrected chi connectivity index (χ3v) is 3.51. The average molecular weight is 257 g/mol. The van der Waals surface area contributed by atoms with E-state index in [0.29, 0.717) is 5.92 Å². The number of methoxy groups -OCH3 is 1. The van der Waals surface area contributed by atoms with E-state index >= 15 is 0 Å². The van der Waals surface area contributed by atoms with Crippen LogP contribution in [0.4, 0.5) is 0 Å². The van der Waals surface area contributed by atoms with Gasteiger partial charge in [0.25, 0.3) is 0 Å². The van der Waals surface area contributed by atoms with Gasteiger partial charge in [0.15, 0.2) is 0 Å². The summed E-state index contributed by atoms with van der Waals surface area (Å²) in [5.41, 5.74) is 2.50. The quantitative estimate of drug-likeness (QED) is 0.785. The summed E-state index contributed by atoms with van der Waals surface area (Å²) >= 11 is 3.55. The Bertz CT molecular complexity index is 320. The van der Waals surface area contributed by atoms with Gasteiger partial charge in [-0.05, 0) is 42.5 Å². The molecule has 0 aliphatic carbocycles. The van der Waals surface area contributed by atoms with Crippen LogP contribution in [0.2, 0.25) is 0 Å². The molecule has 1 rings (SSSR count). The van der Waals surface area contributed by atoms with Gasteiger partial charge in [-0.15, -0.1) is 0 Å². The van der Waals surface area contributed by atoms with Gasteiger partial charge in [-0.2, -0.15) is 0 Å². The average Bonchev–Trinajstić information content (AvgIpc) is 2.20. The summed E-state index contributed by atoms with van der Waals surface area (Å²) in [6.45, 7) is 6.49. The number of hydrogen-bond donors (Lipinski definition) is 0. The lowest BCUT2D eigenvalue weighted by atomic mass is 9.96. The van der Waals surface area contributed by atoms with E-state index in [-0.39, 0.29) is 0 Å². The monoisotopic (exact) mass is 256 g/mol. The van der Waals surface area contributed by atoms with Gasteiger partial charge in [0.1, 0.15) is 5.75 Å². The number of benzene rings is 1. The Morgan fingerprint density at radius 3 is 2.57 bits per heavy atom. The van der Waals surface area contributed by atoms with Gasteiger partial charge in [-0.1, -0.05) is 29.8 Å². The molecular formula is C12H17BrO. The van der Waals surface area contributed by atoms with Crippen molar-refractivity contribution in [2.24, 2.45) is 0 Å². The number of aryl methyl sites for hydroxylation is 1. The molecule has 0 heterocycles. The van der Waals surface area contributed by atoms with E-state index in [1.54, 1.807) is 7.11 Å². The molecular weight excluding hydrogens is 240 g/mol. The second-order valence-electron chi connectivity index (χ2n) is 3.65. The number of halogens is 1. The van der Waals surface area contributed by atoms with Crippen molar-refractivity contribution >= 4 is 15.9 Å². The molecule has 0 fully saturated rings. The Labute approximate surface area is 94.6 Å². The molecule has 0 aromatic heterocycles. The zero-order chi connectivity index (χ0) is 10.7. The van der Waals surface area contributed by atoms with E-state index in [2.05, 4.69) is 48.8 Å². The Kier molecular flexibility index (Phi) is 3.99. The summed E-state index contributed by atoms with van der Waals surface area (Å²) in [5, 5.41) is 0. The van der Waals surface area contributed by atoms with Crippen LogP contribution < -0.4 is 4.74 Å². The highest BCUT2D eigenvalue weighted by atomic mass is 79.9. The molecule has 2 heteroatoms. The first kappa shape index (κ1) is 11.6. The normalized spacial score (nSPS) is 12.6. The van der Waals surface area contributed by atoms with Gasteiger partial charge in [0.05, 0.1) is 7.11 Å². The topological polar surface area (TPSA) is 9.23 Å². The van der Waals surface area contributed by atoms with Crippen molar-refractivity contribution in [3.8, 4) is 5.75 Å². The summed E-state index contributed by atoms with van der Waals surface area (Å²) in [6, 6.07) is 4.26. The second kappa shape index (κ2) is 4.83. The molecule has 0 amide bonds. The highest BCUT2D eigenvalue weighted by Crippen LogP contribution is 2.33. The molecule has 1 nitrogen and oxygen atoms in total. The van der Waals surface area contributed by atoms with Crippen LogP contribution in [-0.2, 0) is 0 Å². The van der Waals surface area contributed by atoms with Crippen LogP contribution in [0.1, 0.15) is 37.3 Å². The molecule has 1 aromatic rings. The minimum Gasteiger partial charge on any atom is -0.496 e. The molecule has 0 saturated heterocycles. The first-order chi connectivity index (χ1) is 6.60. The molecule has 1 aromatic carbocycles. The van der Waals surface area contributed by atoms with E-state index in [1.807, 2.05) is 0 Å². The molecule has 0 spiro atoms. The third-order valence-electron chi connectivity index (χ3n) is 2.65. The minimum absolute atomic E-state index is 0.543. The van der Waals surface area contributed by atoms with Crippen LogP contribution in [0.25, 0.3) is 0 Å². The highest BCUT2D eigenvalue weighted by Gasteiger charge is 2.11. The van der Waals surface area contributed by atoms with Gasteiger partial charge in [-0.3, -0.25) is 0 Å². The lowest BCUT2D eigenvalue weighted by Crippen LogP contribution is -1.97. The van der Waals surface area contributed by atoms with Gasteiger partial charge in [0, 0.05) is 4.47 Å².